The fourth-order valence-electron chi connectivity index (χ4n) is 6.19. The van der Waals surface area contributed by atoms with Crippen LogP contribution in [0.15, 0.2) is 0 Å². The highest BCUT2D eigenvalue weighted by atomic mass is 16.5. The van der Waals surface area contributed by atoms with Crippen LogP contribution in [0.2, 0.25) is 0 Å². The van der Waals surface area contributed by atoms with Crippen LogP contribution in [-0.2, 0) is 33.3 Å². The van der Waals surface area contributed by atoms with Crippen LogP contribution >= 0.6 is 0 Å². The van der Waals surface area contributed by atoms with Crippen molar-refractivity contribution in [3.8, 4) is 0 Å². The average molecular weight is 773 g/mol. The van der Waals surface area contributed by atoms with Crippen LogP contribution < -0.4 is 5.73 Å². The Morgan fingerprint density at radius 2 is 0.981 bits per heavy atom. The Morgan fingerprint density at radius 1 is 0.574 bits per heavy atom. The SMILES string of the molecule is CCCCCCC(C)CCCCCC.CCCCCCC(CCCCCC)C(=O)OCCCCOCC(CCN(C)C)COCCCCOC=O.NC=O. The molecule has 0 saturated carbocycles. The number of rotatable bonds is 39. The summed E-state index contributed by atoms with van der Waals surface area (Å²) in [5.74, 6) is 1.41. The number of esters is 1. The third-order valence-electron chi connectivity index (χ3n) is 9.73. The highest BCUT2D eigenvalue weighted by molar-refractivity contribution is 5.72. The smallest absolute Gasteiger partial charge is 0.308 e. The Kier molecular flexibility index (Phi) is 51.7. The molecule has 0 rings (SSSR count). The first-order valence-electron chi connectivity index (χ1n) is 22.4. The maximum Gasteiger partial charge on any atom is 0.308 e. The number of carbonyl (C=O) groups excluding carboxylic acids is 3. The molecule has 54 heavy (non-hydrogen) atoms. The number of amides is 1. The van der Waals surface area contributed by atoms with Crippen LogP contribution in [0.25, 0.3) is 0 Å². The van der Waals surface area contributed by atoms with Crippen LogP contribution in [0.4, 0.5) is 0 Å². The monoisotopic (exact) mass is 773 g/mol. The first-order valence-corrected chi connectivity index (χ1v) is 22.4. The molecule has 9 nitrogen and oxygen atoms in total. The number of nitrogens with zero attached hydrogens (tertiary/aromatic N) is 1. The molecule has 0 spiro atoms. The van der Waals surface area contributed by atoms with Crippen molar-refractivity contribution in [2.24, 2.45) is 23.5 Å². The van der Waals surface area contributed by atoms with E-state index < -0.39 is 0 Å². The molecule has 0 bridgehead atoms. The molecule has 0 aliphatic heterocycles. The summed E-state index contributed by atoms with van der Waals surface area (Å²) in [6.07, 6.45) is 30.6. The van der Waals surface area contributed by atoms with Crippen molar-refractivity contribution in [3.05, 3.63) is 0 Å². The zero-order valence-electron chi connectivity index (χ0n) is 36.9. The van der Waals surface area contributed by atoms with E-state index in [0.717, 1.165) is 70.3 Å². The van der Waals surface area contributed by atoms with Gasteiger partial charge in [-0.25, -0.2) is 0 Å². The summed E-state index contributed by atoms with van der Waals surface area (Å²) in [6.45, 7) is 16.6. The number of ether oxygens (including phenoxy) is 4. The Labute approximate surface area is 335 Å². The van der Waals surface area contributed by atoms with Gasteiger partial charge in [0.25, 0.3) is 6.47 Å². The Morgan fingerprint density at radius 3 is 1.39 bits per heavy atom. The van der Waals surface area contributed by atoms with Gasteiger partial charge in [0.15, 0.2) is 0 Å². The van der Waals surface area contributed by atoms with Gasteiger partial charge in [-0.1, -0.05) is 150 Å². The molecule has 0 aliphatic rings. The van der Waals surface area contributed by atoms with Gasteiger partial charge in [-0.2, -0.15) is 0 Å². The Hall–Kier alpha value is -1.71. The summed E-state index contributed by atoms with van der Waals surface area (Å²) in [6, 6.07) is 0. The van der Waals surface area contributed by atoms with Gasteiger partial charge in [-0.3, -0.25) is 14.4 Å². The van der Waals surface area contributed by atoms with Gasteiger partial charge in [-0.15, -0.1) is 0 Å². The third kappa shape index (κ3) is 48.3. The quantitative estimate of drug-likeness (QED) is 0.0373. The fourth-order valence-corrected chi connectivity index (χ4v) is 6.19. The van der Waals surface area contributed by atoms with Crippen molar-refractivity contribution in [3.63, 3.8) is 0 Å². The van der Waals surface area contributed by atoms with Gasteiger partial charge < -0.3 is 29.6 Å². The first kappa shape index (κ1) is 56.6. The van der Waals surface area contributed by atoms with E-state index in [-0.39, 0.29) is 18.3 Å². The standard InChI is InChI=1S/C30H59NO6.C14H30.CH3NO/c1-5-7-9-11-17-29(18-12-10-8-6-2)30(33)37-24-16-15-22-35-26-28(19-20-31(3)4)25-34-21-13-14-23-36-27-32;1-4-6-8-10-12-14(3)13-11-9-7-5-2;2-1-3/h27-29H,5-26H2,1-4H3;14H,4-13H2,1-3H3;1H,(H2,2,3). The molecule has 0 saturated heterocycles. The molecule has 0 aromatic heterocycles. The van der Waals surface area contributed by atoms with Gasteiger partial charge in [0.05, 0.1) is 32.3 Å². The van der Waals surface area contributed by atoms with E-state index in [4.69, 9.17) is 23.7 Å². The van der Waals surface area contributed by atoms with Crippen LogP contribution in [0, 0.1) is 17.8 Å². The van der Waals surface area contributed by atoms with Gasteiger partial charge in [0, 0.05) is 19.1 Å². The van der Waals surface area contributed by atoms with Crippen molar-refractivity contribution >= 4 is 18.9 Å². The molecular formula is C45H92N2O7. The van der Waals surface area contributed by atoms with Crippen LogP contribution in [0.3, 0.4) is 0 Å². The highest BCUT2D eigenvalue weighted by Crippen LogP contribution is 2.20. The van der Waals surface area contributed by atoms with E-state index in [1.54, 1.807) is 0 Å². The maximum atomic E-state index is 12.7. The second kappa shape index (κ2) is 49.3. The van der Waals surface area contributed by atoms with Crippen molar-refractivity contribution < 1.29 is 33.3 Å². The lowest BCUT2D eigenvalue weighted by atomic mass is 9.94. The lowest BCUT2D eigenvalue weighted by molar-refractivity contribution is -0.149. The van der Waals surface area contributed by atoms with Crippen LogP contribution in [0.1, 0.15) is 195 Å². The summed E-state index contributed by atoms with van der Waals surface area (Å²) in [5, 5.41) is 0. The highest BCUT2D eigenvalue weighted by Gasteiger charge is 2.19. The molecule has 324 valence electrons. The molecular weight excluding hydrogens is 681 g/mol. The Bertz CT molecular complexity index is 717. The minimum absolute atomic E-state index is 0.00698. The van der Waals surface area contributed by atoms with Crippen LogP contribution in [0.5, 0.6) is 0 Å². The van der Waals surface area contributed by atoms with E-state index in [2.05, 4.69) is 59.3 Å². The summed E-state index contributed by atoms with van der Waals surface area (Å²) >= 11 is 0. The topological polar surface area (TPSA) is 117 Å². The number of hydrogen-bond acceptors (Lipinski definition) is 8. The van der Waals surface area contributed by atoms with Crippen molar-refractivity contribution in [1.82, 2.24) is 4.90 Å². The zero-order valence-corrected chi connectivity index (χ0v) is 36.9. The van der Waals surface area contributed by atoms with Gasteiger partial charge in [0.2, 0.25) is 6.41 Å². The lowest BCUT2D eigenvalue weighted by Crippen LogP contribution is -2.23. The minimum atomic E-state index is 0.00698. The lowest BCUT2D eigenvalue weighted by Gasteiger charge is -2.19. The van der Waals surface area contributed by atoms with Crippen molar-refractivity contribution in [2.45, 2.75) is 195 Å². The van der Waals surface area contributed by atoms with Crippen molar-refractivity contribution in [2.75, 3.05) is 60.3 Å². The van der Waals surface area contributed by atoms with Gasteiger partial charge >= 0.3 is 5.97 Å². The summed E-state index contributed by atoms with van der Waals surface area (Å²) in [5.41, 5.74) is 4.17. The molecule has 2 N–H and O–H groups in total. The molecule has 1 atom stereocenters. The second-order valence-corrected chi connectivity index (χ2v) is 15.5. The van der Waals surface area contributed by atoms with Crippen molar-refractivity contribution in [1.29, 1.82) is 0 Å². The molecule has 0 aromatic rings. The first-order chi connectivity index (χ1) is 26.3. The van der Waals surface area contributed by atoms with E-state index in [1.165, 1.54) is 103 Å². The number of hydrogen-bond donors (Lipinski definition) is 1. The van der Waals surface area contributed by atoms with Gasteiger partial charge in [0.1, 0.15) is 0 Å². The molecule has 1 amide bonds. The average Bonchev–Trinajstić information content (AvgIpc) is 3.16. The molecule has 0 aromatic carbocycles. The van der Waals surface area contributed by atoms with Crippen LogP contribution in [-0.4, -0.2) is 84.0 Å². The largest absolute Gasteiger partial charge is 0.468 e. The Balaban J connectivity index is -0.00000127. The molecule has 1 unspecified atom stereocenters. The zero-order chi connectivity index (χ0) is 40.8. The van der Waals surface area contributed by atoms with E-state index in [1.807, 2.05) is 0 Å². The predicted octanol–water partition coefficient (Wildman–Crippen LogP) is 11.1. The molecule has 0 heterocycles. The summed E-state index contributed by atoms with van der Waals surface area (Å²) in [7, 11) is 4.15. The molecule has 0 aliphatic carbocycles. The van der Waals surface area contributed by atoms with Gasteiger partial charge in [-0.05, 0) is 71.5 Å². The second-order valence-electron chi connectivity index (χ2n) is 15.5. The van der Waals surface area contributed by atoms with E-state index in [9.17, 15) is 9.59 Å². The number of unbranched alkanes of at least 4 members (excludes halogenated alkanes) is 14. The summed E-state index contributed by atoms with van der Waals surface area (Å²) in [4.78, 5) is 33.6. The predicted molar refractivity (Wildman–Crippen MR) is 228 cm³/mol. The molecule has 0 fully saturated rings. The number of nitrogens with two attached hydrogens (primary N) is 1. The maximum absolute atomic E-state index is 12.7. The number of primary amides is 1. The normalized spacial score (nSPS) is 11.5. The van der Waals surface area contributed by atoms with E-state index in [0.29, 0.717) is 52.0 Å². The summed E-state index contributed by atoms with van der Waals surface area (Å²) < 4.78 is 22.1. The molecule has 0 radical (unpaired) electrons. The van der Waals surface area contributed by atoms with E-state index >= 15 is 0 Å². The fraction of sp³-hybridized carbons (Fsp3) is 0.933. The number of carbonyl (C=O) groups is 3. The third-order valence-corrected chi connectivity index (χ3v) is 9.73. The molecule has 9 heteroatoms. The minimum Gasteiger partial charge on any atom is -0.468 e.